The molecule has 0 saturated carbocycles. The van der Waals surface area contributed by atoms with Gasteiger partial charge in [0.2, 0.25) is 10.0 Å². The average molecular weight is 351 g/mol. The minimum Gasteiger partial charge on any atom is -0.489 e. The van der Waals surface area contributed by atoms with Crippen LogP contribution in [0.4, 0.5) is 4.39 Å². The number of benzene rings is 2. The zero-order chi connectivity index (χ0) is 17.0. The highest BCUT2D eigenvalue weighted by molar-refractivity contribution is 7.89. The first-order valence-electron chi connectivity index (χ1n) is 7.61. The van der Waals surface area contributed by atoms with Gasteiger partial charge in [-0.15, -0.1) is 0 Å². The van der Waals surface area contributed by atoms with Crippen molar-refractivity contribution in [2.45, 2.75) is 11.5 Å². The maximum absolute atomic E-state index is 12.9. The van der Waals surface area contributed by atoms with Crippen molar-refractivity contribution in [3.63, 3.8) is 0 Å². The highest BCUT2D eigenvalue weighted by atomic mass is 32.2. The summed E-state index contributed by atoms with van der Waals surface area (Å²) in [7, 11) is -3.49. The van der Waals surface area contributed by atoms with Crippen LogP contribution in [0, 0.1) is 5.82 Å². The Hall–Kier alpha value is -1.96. The third-order valence-corrected chi connectivity index (χ3v) is 5.66. The Balaban J connectivity index is 1.65. The smallest absolute Gasteiger partial charge is 0.243 e. The molecule has 2 aromatic carbocycles. The molecule has 0 spiro atoms. The van der Waals surface area contributed by atoms with Gasteiger partial charge in [-0.05, 0) is 42.0 Å². The SMILES string of the molecule is O=S(=O)(c1ccc(OCc2ccc(F)cc2)cc1)N1CCOCC1. The largest absolute Gasteiger partial charge is 0.489 e. The Morgan fingerprint density at radius 2 is 1.62 bits per heavy atom. The van der Waals surface area contributed by atoms with Crippen molar-refractivity contribution in [3.05, 3.63) is 59.9 Å². The number of hydrogen-bond donors (Lipinski definition) is 0. The predicted molar refractivity (Wildman–Crippen MR) is 86.8 cm³/mol. The zero-order valence-corrected chi connectivity index (χ0v) is 13.8. The lowest BCUT2D eigenvalue weighted by molar-refractivity contribution is 0.0730. The molecule has 3 rings (SSSR count). The number of sulfonamides is 1. The van der Waals surface area contributed by atoms with Gasteiger partial charge in [0.05, 0.1) is 18.1 Å². The van der Waals surface area contributed by atoms with Crippen LogP contribution in [0.2, 0.25) is 0 Å². The molecule has 0 atom stereocenters. The van der Waals surface area contributed by atoms with E-state index in [1.165, 1.54) is 28.6 Å². The van der Waals surface area contributed by atoms with Crippen LogP contribution in [-0.2, 0) is 21.4 Å². The summed E-state index contributed by atoms with van der Waals surface area (Å²) in [5.41, 5.74) is 0.835. The van der Waals surface area contributed by atoms with Gasteiger partial charge < -0.3 is 9.47 Å². The van der Waals surface area contributed by atoms with E-state index in [-0.39, 0.29) is 17.3 Å². The van der Waals surface area contributed by atoms with Gasteiger partial charge in [-0.25, -0.2) is 12.8 Å². The van der Waals surface area contributed by atoms with Gasteiger partial charge in [-0.1, -0.05) is 12.1 Å². The molecule has 0 aliphatic carbocycles. The first-order valence-corrected chi connectivity index (χ1v) is 9.05. The number of halogens is 1. The third kappa shape index (κ3) is 3.92. The lowest BCUT2D eigenvalue weighted by atomic mass is 10.2. The van der Waals surface area contributed by atoms with Crippen molar-refractivity contribution in [1.82, 2.24) is 4.31 Å². The number of hydrogen-bond acceptors (Lipinski definition) is 4. The van der Waals surface area contributed by atoms with Crippen LogP contribution < -0.4 is 4.74 Å². The molecule has 5 nitrogen and oxygen atoms in total. The molecular formula is C17H18FNO4S. The van der Waals surface area contributed by atoms with Crippen molar-refractivity contribution < 1.29 is 22.3 Å². The molecule has 0 aromatic heterocycles. The second-order valence-corrected chi connectivity index (χ2v) is 7.34. The average Bonchev–Trinajstić information content (AvgIpc) is 2.62. The molecule has 0 unspecified atom stereocenters. The quantitative estimate of drug-likeness (QED) is 0.830. The molecule has 1 aliphatic heterocycles. The van der Waals surface area contributed by atoms with Gasteiger partial charge in [-0.2, -0.15) is 4.31 Å². The van der Waals surface area contributed by atoms with E-state index >= 15 is 0 Å². The first-order chi connectivity index (χ1) is 11.6. The van der Waals surface area contributed by atoms with Gasteiger partial charge in [0.25, 0.3) is 0 Å². The molecule has 0 radical (unpaired) electrons. The van der Waals surface area contributed by atoms with Crippen molar-refractivity contribution >= 4 is 10.0 Å². The Bertz CT molecular complexity index is 769. The van der Waals surface area contributed by atoms with Crippen molar-refractivity contribution in [1.29, 1.82) is 0 Å². The van der Waals surface area contributed by atoms with Crippen LogP contribution in [-0.4, -0.2) is 39.0 Å². The van der Waals surface area contributed by atoms with Crippen molar-refractivity contribution in [2.75, 3.05) is 26.3 Å². The van der Waals surface area contributed by atoms with Crippen LogP contribution in [0.25, 0.3) is 0 Å². The highest BCUT2D eigenvalue weighted by Crippen LogP contribution is 2.21. The van der Waals surface area contributed by atoms with E-state index in [1.54, 1.807) is 24.3 Å². The summed E-state index contributed by atoms with van der Waals surface area (Å²) in [6.07, 6.45) is 0. The monoisotopic (exact) mass is 351 g/mol. The summed E-state index contributed by atoms with van der Waals surface area (Å²) < 4.78 is 50.1. The van der Waals surface area contributed by atoms with Gasteiger partial charge in [-0.3, -0.25) is 0 Å². The minimum absolute atomic E-state index is 0.235. The van der Waals surface area contributed by atoms with E-state index in [0.717, 1.165) is 5.56 Å². The Labute approximate surface area is 140 Å². The lowest BCUT2D eigenvalue weighted by Gasteiger charge is -2.26. The zero-order valence-electron chi connectivity index (χ0n) is 13.0. The maximum atomic E-state index is 12.9. The molecule has 1 saturated heterocycles. The molecule has 128 valence electrons. The van der Waals surface area contributed by atoms with Crippen LogP contribution in [0.3, 0.4) is 0 Å². The van der Waals surface area contributed by atoms with Crippen molar-refractivity contribution in [2.24, 2.45) is 0 Å². The number of ether oxygens (including phenoxy) is 2. The fourth-order valence-electron chi connectivity index (χ4n) is 2.39. The van der Waals surface area contributed by atoms with E-state index in [9.17, 15) is 12.8 Å². The van der Waals surface area contributed by atoms with Crippen molar-refractivity contribution in [3.8, 4) is 5.75 Å². The second-order valence-electron chi connectivity index (χ2n) is 5.40. The van der Waals surface area contributed by atoms with Gasteiger partial charge in [0, 0.05) is 13.1 Å². The van der Waals surface area contributed by atoms with E-state index in [0.29, 0.717) is 32.1 Å². The van der Waals surface area contributed by atoms with Crippen LogP contribution in [0.1, 0.15) is 5.56 Å². The Kier molecular flexibility index (Phi) is 5.13. The number of morpholine rings is 1. The molecule has 0 amide bonds. The highest BCUT2D eigenvalue weighted by Gasteiger charge is 2.26. The van der Waals surface area contributed by atoms with E-state index in [4.69, 9.17) is 9.47 Å². The number of nitrogens with zero attached hydrogens (tertiary/aromatic N) is 1. The molecule has 7 heteroatoms. The molecule has 24 heavy (non-hydrogen) atoms. The summed E-state index contributed by atoms with van der Waals surface area (Å²) in [6.45, 7) is 1.85. The maximum Gasteiger partial charge on any atom is 0.243 e. The topological polar surface area (TPSA) is 55.8 Å². The van der Waals surface area contributed by atoms with E-state index < -0.39 is 10.0 Å². The normalized spacial score (nSPS) is 16.0. The Morgan fingerprint density at radius 3 is 2.25 bits per heavy atom. The fraction of sp³-hybridized carbons (Fsp3) is 0.294. The summed E-state index contributed by atoms with van der Waals surface area (Å²) in [4.78, 5) is 0.235. The summed E-state index contributed by atoms with van der Waals surface area (Å²) in [5, 5.41) is 0. The van der Waals surface area contributed by atoms with Crippen LogP contribution in [0.5, 0.6) is 5.75 Å². The molecule has 1 heterocycles. The standard InChI is InChI=1S/C17H18FNO4S/c18-15-3-1-14(2-4-15)13-23-16-5-7-17(8-6-16)24(20,21)19-9-11-22-12-10-19/h1-8H,9-13H2. The summed E-state index contributed by atoms with van der Waals surface area (Å²) in [5.74, 6) is 0.261. The molecule has 1 aliphatic rings. The second kappa shape index (κ2) is 7.29. The lowest BCUT2D eigenvalue weighted by Crippen LogP contribution is -2.40. The molecule has 1 fully saturated rings. The molecule has 2 aromatic rings. The fourth-order valence-corrected chi connectivity index (χ4v) is 3.80. The molecule has 0 N–H and O–H groups in total. The molecular weight excluding hydrogens is 333 g/mol. The first kappa shape index (κ1) is 16.9. The summed E-state index contributed by atoms with van der Waals surface area (Å²) >= 11 is 0. The van der Waals surface area contributed by atoms with Gasteiger partial charge in [0.15, 0.2) is 0 Å². The van der Waals surface area contributed by atoms with Gasteiger partial charge >= 0.3 is 0 Å². The number of rotatable bonds is 5. The third-order valence-electron chi connectivity index (χ3n) is 3.75. The molecule has 0 bridgehead atoms. The van der Waals surface area contributed by atoms with Gasteiger partial charge in [0.1, 0.15) is 18.2 Å². The van der Waals surface area contributed by atoms with Crippen LogP contribution in [0.15, 0.2) is 53.4 Å². The van der Waals surface area contributed by atoms with E-state index in [2.05, 4.69) is 0 Å². The Morgan fingerprint density at radius 1 is 1.00 bits per heavy atom. The van der Waals surface area contributed by atoms with E-state index in [1.807, 2.05) is 0 Å². The minimum atomic E-state index is -3.49. The summed E-state index contributed by atoms with van der Waals surface area (Å²) in [6, 6.07) is 12.3. The van der Waals surface area contributed by atoms with Crippen LogP contribution >= 0.6 is 0 Å². The predicted octanol–water partition coefficient (Wildman–Crippen LogP) is 2.43.